The number of ether oxygens (including phenoxy) is 1. The lowest BCUT2D eigenvalue weighted by molar-refractivity contribution is 0.282. The molecule has 1 aromatic rings. The van der Waals surface area contributed by atoms with Crippen LogP contribution >= 0.6 is 11.6 Å². The van der Waals surface area contributed by atoms with Gasteiger partial charge in [-0.1, -0.05) is 0 Å². The van der Waals surface area contributed by atoms with Gasteiger partial charge in [0.15, 0.2) is 0 Å². The van der Waals surface area contributed by atoms with E-state index in [2.05, 4.69) is 20.3 Å². The normalized spacial score (nSPS) is 12.3. The summed E-state index contributed by atoms with van der Waals surface area (Å²) in [5, 5.41) is 11.8. The summed E-state index contributed by atoms with van der Waals surface area (Å²) in [5.41, 5.74) is 0. The Labute approximate surface area is 92.7 Å². The van der Waals surface area contributed by atoms with Crippen LogP contribution in [0.1, 0.15) is 13.3 Å². The fourth-order valence-corrected chi connectivity index (χ4v) is 1.13. The molecule has 84 valence electrons. The minimum Gasteiger partial charge on any atom is -0.467 e. The lowest BCUT2D eigenvalue weighted by Crippen LogP contribution is -2.18. The summed E-state index contributed by atoms with van der Waals surface area (Å²) < 4.78 is 4.84. The van der Waals surface area contributed by atoms with E-state index in [-0.39, 0.29) is 23.9 Å². The monoisotopic (exact) mass is 232 g/mol. The maximum Gasteiger partial charge on any atom is 0.322 e. The van der Waals surface area contributed by atoms with E-state index in [1.807, 2.05) is 6.92 Å². The third kappa shape index (κ3) is 3.85. The van der Waals surface area contributed by atoms with Crippen LogP contribution in [0.15, 0.2) is 0 Å². The zero-order valence-corrected chi connectivity index (χ0v) is 9.32. The van der Waals surface area contributed by atoms with Gasteiger partial charge in [0, 0.05) is 12.6 Å². The van der Waals surface area contributed by atoms with Crippen molar-refractivity contribution >= 4 is 17.5 Å². The van der Waals surface area contributed by atoms with Crippen LogP contribution < -0.4 is 10.1 Å². The Kier molecular flexibility index (Phi) is 4.51. The van der Waals surface area contributed by atoms with Crippen molar-refractivity contribution < 1.29 is 9.84 Å². The first-order chi connectivity index (χ1) is 7.15. The fraction of sp³-hybridized carbons (Fsp3) is 0.625. The molecule has 6 nitrogen and oxygen atoms in total. The molecule has 0 amide bonds. The van der Waals surface area contributed by atoms with Gasteiger partial charge in [-0.25, -0.2) is 0 Å². The zero-order chi connectivity index (χ0) is 11.3. The van der Waals surface area contributed by atoms with Crippen LogP contribution in [-0.2, 0) is 0 Å². The highest BCUT2D eigenvalue weighted by atomic mass is 35.5. The Morgan fingerprint density at radius 1 is 1.47 bits per heavy atom. The number of aliphatic hydroxyl groups is 1. The Morgan fingerprint density at radius 2 is 2.20 bits per heavy atom. The standard InChI is InChI=1S/C8H13ClN4O2/c1-5(3-4-14)10-7-11-6(9)12-8(13-7)15-2/h5,14H,3-4H2,1-2H3,(H,10,11,12,13). The fourth-order valence-electron chi connectivity index (χ4n) is 0.974. The van der Waals surface area contributed by atoms with Crippen molar-refractivity contribution in [2.75, 3.05) is 19.0 Å². The van der Waals surface area contributed by atoms with Crippen LogP contribution in [-0.4, -0.2) is 39.8 Å². The number of aromatic nitrogens is 3. The second-order valence-corrected chi connectivity index (χ2v) is 3.31. The number of hydrogen-bond acceptors (Lipinski definition) is 6. The lowest BCUT2D eigenvalue weighted by atomic mass is 10.2. The van der Waals surface area contributed by atoms with E-state index >= 15 is 0 Å². The molecule has 1 aromatic heterocycles. The number of hydrogen-bond donors (Lipinski definition) is 2. The van der Waals surface area contributed by atoms with Gasteiger partial charge in [-0.15, -0.1) is 0 Å². The van der Waals surface area contributed by atoms with E-state index < -0.39 is 0 Å². The van der Waals surface area contributed by atoms with Crippen molar-refractivity contribution in [2.24, 2.45) is 0 Å². The third-order valence-corrected chi connectivity index (χ3v) is 1.88. The molecule has 0 aliphatic rings. The van der Waals surface area contributed by atoms with E-state index in [1.54, 1.807) is 0 Å². The minimum absolute atomic E-state index is 0.0539. The molecule has 1 heterocycles. The van der Waals surface area contributed by atoms with Gasteiger partial charge < -0.3 is 15.2 Å². The maximum atomic E-state index is 8.73. The number of halogens is 1. The molecular formula is C8H13ClN4O2. The van der Waals surface area contributed by atoms with Gasteiger partial charge in [-0.2, -0.15) is 15.0 Å². The number of methoxy groups -OCH3 is 1. The van der Waals surface area contributed by atoms with Crippen LogP contribution in [0.3, 0.4) is 0 Å². The summed E-state index contributed by atoms with van der Waals surface area (Å²) in [6.45, 7) is 2.00. The van der Waals surface area contributed by atoms with Crippen LogP contribution in [0, 0.1) is 0 Å². The summed E-state index contributed by atoms with van der Waals surface area (Å²) in [6, 6.07) is 0.215. The first-order valence-electron chi connectivity index (χ1n) is 4.48. The van der Waals surface area contributed by atoms with Crippen molar-refractivity contribution in [1.82, 2.24) is 15.0 Å². The molecule has 15 heavy (non-hydrogen) atoms. The maximum absolute atomic E-state index is 8.73. The third-order valence-electron chi connectivity index (χ3n) is 1.71. The van der Waals surface area contributed by atoms with Crippen LogP contribution in [0.2, 0.25) is 5.28 Å². The van der Waals surface area contributed by atoms with Crippen LogP contribution in [0.25, 0.3) is 0 Å². The quantitative estimate of drug-likeness (QED) is 0.779. The average Bonchev–Trinajstić information content (AvgIpc) is 2.17. The zero-order valence-electron chi connectivity index (χ0n) is 8.57. The summed E-state index contributed by atoms with van der Waals surface area (Å²) in [4.78, 5) is 11.6. The summed E-state index contributed by atoms with van der Waals surface area (Å²) in [6.07, 6.45) is 0.603. The Bertz CT molecular complexity index is 324. The second-order valence-electron chi connectivity index (χ2n) is 2.97. The van der Waals surface area contributed by atoms with Gasteiger partial charge in [0.25, 0.3) is 0 Å². The van der Waals surface area contributed by atoms with Crippen LogP contribution in [0.5, 0.6) is 6.01 Å². The summed E-state index contributed by atoms with van der Waals surface area (Å²) in [5.74, 6) is 0.341. The highest BCUT2D eigenvalue weighted by Gasteiger charge is 2.07. The molecular weight excluding hydrogens is 220 g/mol. The number of nitrogens with zero attached hydrogens (tertiary/aromatic N) is 3. The molecule has 0 aliphatic carbocycles. The molecule has 0 fully saturated rings. The highest BCUT2D eigenvalue weighted by Crippen LogP contribution is 2.11. The molecule has 2 N–H and O–H groups in total. The van der Waals surface area contributed by atoms with Gasteiger partial charge in [0.1, 0.15) is 0 Å². The van der Waals surface area contributed by atoms with Gasteiger partial charge >= 0.3 is 6.01 Å². The number of rotatable bonds is 5. The first-order valence-corrected chi connectivity index (χ1v) is 4.86. The van der Waals surface area contributed by atoms with Gasteiger partial charge in [0.2, 0.25) is 11.2 Å². The molecule has 0 aromatic carbocycles. The molecule has 0 saturated heterocycles. The molecule has 0 saturated carbocycles. The van der Waals surface area contributed by atoms with E-state index in [0.29, 0.717) is 12.4 Å². The first kappa shape index (κ1) is 11.9. The van der Waals surface area contributed by atoms with Gasteiger partial charge in [0.05, 0.1) is 7.11 Å². The van der Waals surface area contributed by atoms with E-state index in [1.165, 1.54) is 7.11 Å². The molecule has 1 atom stereocenters. The topological polar surface area (TPSA) is 80.2 Å². The number of aliphatic hydroxyl groups excluding tert-OH is 1. The Morgan fingerprint density at radius 3 is 2.80 bits per heavy atom. The minimum atomic E-state index is 0.0539. The van der Waals surface area contributed by atoms with Gasteiger partial charge in [-0.05, 0) is 24.9 Å². The Balaban J connectivity index is 2.71. The SMILES string of the molecule is COc1nc(Cl)nc(NC(C)CCO)n1. The largest absolute Gasteiger partial charge is 0.467 e. The van der Waals surface area contributed by atoms with Crippen LogP contribution in [0.4, 0.5) is 5.95 Å². The average molecular weight is 233 g/mol. The van der Waals surface area contributed by atoms with E-state index in [9.17, 15) is 0 Å². The van der Waals surface area contributed by atoms with Gasteiger partial charge in [-0.3, -0.25) is 0 Å². The molecule has 0 aliphatic heterocycles. The van der Waals surface area contributed by atoms with Crippen molar-refractivity contribution in [3.63, 3.8) is 0 Å². The Hall–Kier alpha value is -1.14. The molecule has 0 radical (unpaired) electrons. The predicted octanol–water partition coefficient (Wildman–Crippen LogP) is 0.716. The lowest BCUT2D eigenvalue weighted by Gasteiger charge is -2.12. The smallest absolute Gasteiger partial charge is 0.322 e. The summed E-state index contributed by atoms with van der Waals surface area (Å²) >= 11 is 5.66. The van der Waals surface area contributed by atoms with Crippen molar-refractivity contribution in [3.8, 4) is 6.01 Å². The van der Waals surface area contributed by atoms with Crippen molar-refractivity contribution in [2.45, 2.75) is 19.4 Å². The second kappa shape index (κ2) is 5.67. The van der Waals surface area contributed by atoms with E-state index in [4.69, 9.17) is 21.4 Å². The molecule has 0 bridgehead atoms. The van der Waals surface area contributed by atoms with Crippen molar-refractivity contribution in [3.05, 3.63) is 5.28 Å². The predicted molar refractivity (Wildman–Crippen MR) is 56.2 cm³/mol. The molecule has 1 unspecified atom stereocenters. The number of anilines is 1. The molecule has 7 heteroatoms. The summed E-state index contributed by atoms with van der Waals surface area (Å²) in [7, 11) is 1.45. The highest BCUT2D eigenvalue weighted by molar-refractivity contribution is 6.28. The van der Waals surface area contributed by atoms with Crippen molar-refractivity contribution in [1.29, 1.82) is 0 Å². The molecule has 1 rings (SSSR count). The number of nitrogens with one attached hydrogen (secondary N) is 1. The van der Waals surface area contributed by atoms with E-state index in [0.717, 1.165) is 0 Å². The molecule has 0 spiro atoms.